The van der Waals surface area contributed by atoms with Crippen molar-refractivity contribution in [3.63, 3.8) is 0 Å². The van der Waals surface area contributed by atoms with Gasteiger partial charge in [0.1, 0.15) is 5.75 Å². The molecule has 0 bridgehead atoms. The summed E-state index contributed by atoms with van der Waals surface area (Å²) in [5.74, 6) is -0.841. The third-order valence-corrected chi connectivity index (χ3v) is 2.46. The highest BCUT2D eigenvalue weighted by Gasteiger charge is 2.13. The van der Waals surface area contributed by atoms with Gasteiger partial charge in [0.2, 0.25) is 0 Å². The van der Waals surface area contributed by atoms with Gasteiger partial charge in [-0.05, 0) is 25.2 Å². The largest absolute Gasteiger partial charge is 0.865 e. The highest BCUT2D eigenvalue weighted by atomic mass is 32.1. The van der Waals surface area contributed by atoms with Crippen LogP contribution in [0.3, 0.4) is 0 Å². The molecule has 0 atom stereocenters. The molecule has 20 heavy (non-hydrogen) atoms. The molecule has 1 rings (SSSR count). The lowest BCUT2D eigenvalue weighted by atomic mass is 10.2. The fraction of sp³-hybridized carbons (Fsp3) is 0.273. The first-order valence-electron chi connectivity index (χ1n) is 5.62. The van der Waals surface area contributed by atoms with Crippen molar-refractivity contribution < 1.29 is 14.8 Å². The van der Waals surface area contributed by atoms with E-state index in [1.54, 1.807) is 14.0 Å². The van der Waals surface area contributed by atoms with Gasteiger partial charge in [-0.2, -0.15) is 5.10 Å². The number of hydrogen-bond acceptors (Lipinski definition) is 6. The van der Waals surface area contributed by atoms with Gasteiger partial charge >= 0.3 is 0 Å². The molecule has 0 aliphatic rings. The third kappa shape index (κ3) is 4.05. The van der Waals surface area contributed by atoms with Gasteiger partial charge in [0, 0.05) is 24.4 Å². The first-order chi connectivity index (χ1) is 9.49. The van der Waals surface area contributed by atoms with E-state index in [4.69, 9.17) is 17.0 Å². The average molecular weight is 297 g/mol. The van der Waals surface area contributed by atoms with E-state index in [-0.39, 0.29) is 12.4 Å². The molecule has 2 N–H and O–H groups in total. The van der Waals surface area contributed by atoms with Crippen molar-refractivity contribution in [1.29, 1.82) is 0 Å². The molecule has 0 spiro atoms. The summed E-state index contributed by atoms with van der Waals surface area (Å²) in [5, 5.41) is 29.3. The van der Waals surface area contributed by atoms with Crippen LogP contribution >= 0.6 is 12.2 Å². The summed E-state index contributed by atoms with van der Waals surface area (Å²) in [6, 6.07) is 2.50. The fourth-order valence-corrected chi connectivity index (χ4v) is 1.36. The van der Waals surface area contributed by atoms with E-state index in [1.165, 1.54) is 12.3 Å². The van der Waals surface area contributed by atoms with Crippen LogP contribution in [0.15, 0.2) is 17.2 Å². The van der Waals surface area contributed by atoms with Gasteiger partial charge in [-0.1, -0.05) is 0 Å². The van der Waals surface area contributed by atoms with E-state index in [0.29, 0.717) is 10.7 Å². The van der Waals surface area contributed by atoms with E-state index in [9.17, 15) is 15.2 Å². The third-order valence-electron chi connectivity index (χ3n) is 2.16. The summed E-state index contributed by atoms with van der Waals surface area (Å²) in [4.78, 5) is 10.1. The molecule has 108 valence electrons. The van der Waals surface area contributed by atoms with Gasteiger partial charge < -0.3 is 15.2 Å². The number of nitrogens with zero attached hydrogens (tertiary/aromatic N) is 2. The zero-order chi connectivity index (χ0) is 15.1. The predicted molar refractivity (Wildman–Crippen MR) is 76.1 cm³/mol. The molecule has 8 nitrogen and oxygen atoms in total. The number of benzene rings is 1. The summed E-state index contributed by atoms with van der Waals surface area (Å²) >= 11 is 4.81. The normalized spacial score (nSPS) is 10.3. The molecule has 0 amide bonds. The van der Waals surface area contributed by atoms with Crippen molar-refractivity contribution >= 4 is 29.2 Å². The molecule has 0 radical (unpaired) electrons. The zero-order valence-corrected chi connectivity index (χ0v) is 11.7. The molecular weight excluding hydrogens is 284 g/mol. The molecule has 0 aromatic heterocycles. The second-order valence-electron chi connectivity index (χ2n) is 3.51. The van der Waals surface area contributed by atoms with Crippen LogP contribution in [-0.4, -0.2) is 29.9 Å². The van der Waals surface area contributed by atoms with Gasteiger partial charge in [-0.15, -0.1) is 0 Å². The summed E-state index contributed by atoms with van der Waals surface area (Å²) in [6.07, 6.45) is 1.30. The fourth-order valence-electron chi connectivity index (χ4n) is 1.30. The number of rotatable bonds is 5. The number of ether oxygens (including phenoxy) is 1. The van der Waals surface area contributed by atoms with Gasteiger partial charge in [0.15, 0.2) is 5.11 Å². The standard InChI is InChI=1S/C11H14N4O4S/c1-3-19-9-5-7(6-13-14-11(20)12-2)4-8(10(9)16)15(17)18/h4-6,16H,3H2,1-2H3,(H2,12,14,20)/p-1/b13-6-. The van der Waals surface area contributed by atoms with Crippen molar-refractivity contribution in [1.82, 2.24) is 10.7 Å². The number of nitro groups is 1. The number of thiocarbonyl (C=S) groups is 1. The predicted octanol–water partition coefficient (Wildman–Crippen LogP) is 0.495. The maximum absolute atomic E-state index is 11.7. The Balaban J connectivity index is 3.07. The molecule has 1 aromatic rings. The SMILES string of the molecule is CCOc1cc(/C=N\NC(=S)NC)cc([N+](=O)[O-])c1[O-]. The lowest BCUT2D eigenvalue weighted by Gasteiger charge is -2.14. The van der Waals surface area contributed by atoms with Crippen LogP contribution < -0.4 is 20.6 Å². The maximum atomic E-state index is 11.7. The molecule has 0 unspecified atom stereocenters. The molecule has 0 saturated carbocycles. The van der Waals surface area contributed by atoms with Crippen molar-refractivity contribution in [3.8, 4) is 11.5 Å². The first-order valence-corrected chi connectivity index (χ1v) is 6.03. The van der Waals surface area contributed by atoms with Crippen LogP contribution in [-0.2, 0) is 0 Å². The van der Waals surface area contributed by atoms with Crippen LogP contribution in [0.2, 0.25) is 0 Å². The Morgan fingerprint density at radius 3 is 2.85 bits per heavy atom. The quantitative estimate of drug-likeness (QED) is 0.352. The molecule has 1 aromatic carbocycles. The Morgan fingerprint density at radius 2 is 2.30 bits per heavy atom. The highest BCUT2D eigenvalue weighted by molar-refractivity contribution is 7.80. The Labute approximate surface area is 120 Å². The van der Waals surface area contributed by atoms with Crippen LogP contribution in [0, 0.1) is 10.1 Å². The van der Waals surface area contributed by atoms with Gasteiger partial charge in [-0.3, -0.25) is 15.5 Å². The smallest absolute Gasteiger partial charge is 0.266 e. The van der Waals surface area contributed by atoms with E-state index in [2.05, 4.69) is 15.8 Å². The summed E-state index contributed by atoms with van der Waals surface area (Å²) in [7, 11) is 1.62. The van der Waals surface area contributed by atoms with Crippen LogP contribution in [0.25, 0.3) is 0 Å². The minimum Gasteiger partial charge on any atom is -0.865 e. The van der Waals surface area contributed by atoms with Crippen LogP contribution in [0.5, 0.6) is 11.5 Å². The van der Waals surface area contributed by atoms with Gasteiger partial charge in [-0.25, -0.2) is 0 Å². The second-order valence-corrected chi connectivity index (χ2v) is 3.91. The molecule has 9 heteroatoms. The molecule has 0 aliphatic heterocycles. The Kier molecular flexibility index (Phi) is 5.66. The van der Waals surface area contributed by atoms with Crippen molar-refractivity contribution in [3.05, 3.63) is 27.8 Å². The molecule has 0 heterocycles. The Bertz CT molecular complexity index is 547. The molecule has 0 aliphatic carbocycles. The Morgan fingerprint density at radius 1 is 1.60 bits per heavy atom. The van der Waals surface area contributed by atoms with E-state index in [1.807, 2.05) is 0 Å². The van der Waals surface area contributed by atoms with E-state index >= 15 is 0 Å². The Hall–Kier alpha value is -2.42. The van der Waals surface area contributed by atoms with Crippen LogP contribution in [0.4, 0.5) is 5.69 Å². The lowest BCUT2D eigenvalue weighted by Crippen LogP contribution is -2.28. The van der Waals surface area contributed by atoms with Crippen molar-refractivity contribution in [2.45, 2.75) is 6.92 Å². The molecular formula is C11H13N4O4S-. The lowest BCUT2D eigenvalue weighted by molar-refractivity contribution is -0.398. The summed E-state index contributed by atoms with van der Waals surface area (Å²) in [5.41, 5.74) is 2.29. The number of hydrogen-bond donors (Lipinski definition) is 2. The molecule has 0 saturated heterocycles. The minimum atomic E-state index is -0.757. The van der Waals surface area contributed by atoms with Crippen molar-refractivity contribution in [2.75, 3.05) is 13.7 Å². The monoisotopic (exact) mass is 297 g/mol. The summed E-state index contributed by atoms with van der Waals surface area (Å²) < 4.78 is 5.08. The number of hydrazone groups is 1. The van der Waals surface area contributed by atoms with E-state index in [0.717, 1.165) is 6.07 Å². The van der Waals surface area contributed by atoms with Crippen molar-refractivity contribution in [2.24, 2.45) is 5.10 Å². The number of nitrogens with one attached hydrogen (secondary N) is 2. The first kappa shape index (κ1) is 15.6. The van der Waals surface area contributed by atoms with E-state index < -0.39 is 16.4 Å². The molecule has 0 fully saturated rings. The van der Waals surface area contributed by atoms with Gasteiger partial charge in [0.25, 0.3) is 5.69 Å². The minimum absolute atomic E-state index is 0.0839. The average Bonchev–Trinajstić information content (AvgIpc) is 2.41. The topological polar surface area (TPSA) is 112 Å². The highest BCUT2D eigenvalue weighted by Crippen LogP contribution is 2.34. The second kappa shape index (κ2) is 7.24. The van der Waals surface area contributed by atoms with Crippen LogP contribution in [0.1, 0.15) is 12.5 Å². The summed E-state index contributed by atoms with van der Waals surface area (Å²) in [6.45, 7) is 1.91. The zero-order valence-electron chi connectivity index (χ0n) is 10.9. The number of nitro benzene ring substituents is 1. The maximum Gasteiger partial charge on any atom is 0.266 e. The van der Waals surface area contributed by atoms with Gasteiger partial charge in [0.05, 0.1) is 17.7 Å².